The van der Waals surface area contributed by atoms with Crippen LogP contribution in [0, 0.1) is 5.82 Å². The van der Waals surface area contributed by atoms with E-state index in [2.05, 4.69) is 20.3 Å². The molecule has 6 nitrogen and oxygen atoms in total. The van der Waals surface area contributed by atoms with Crippen molar-refractivity contribution in [2.45, 2.75) is 30.8 Å². The molecule has 7 heteroatoms. The van der Waals surface area contributed by atoms with Gasteiger partial charge in [0.25, 0.3) is 0 Å². The Kier molecular flexibility index (Phi) is 5.35. The van der Waals surface area contributed by atoms with Gasteiger partial charge in [-0.15, -0.1) is 0 Å². The number of nitrogens with zero attached hydrogens (tertiary/aromatic N) is 4. The molecule has 1 unspecified atom stereocenters. The predicted octanol–water partition coefficient (Wildman–Crippen LogP) is 2.63. The number of guanidine groups is 1. The van der Waals surface area contributed by atoms with Crippen molar-refractivity contribution in [1.82, 2.24) is 20.0 Å². The van der Waals surface area contributed by atoms with Gasteiger partial charge in [0, 0.05) is 44.4 Å². The first-order valence-corrected chi connectivity index (χ1v) is 9.91. The first kappa shape index (κ1) is 18.9. The molecule has 1 aromatic heterocycles. The number of nitrogens with one attached hydrogen (secondary N) is 1. The third kappa shape index (κ3) is 3.76. The first-order valence-electron chi connectivity index (χ1n) is 9.91. The Morgan fingerprint density at radius 1 is 1.36 bits per heavy atom. The number of halogens is 1. The highest BCUT2D eigenvalue weighted by atomic mass is 19.1. The minimum atomic E-state index is -0.184. The van der Waals surface area contributed by atoms with Gasteiger partial charge in [-0.2, -0.15) is 5.10 Å². The Labute approximate surface area is 165 Å². The smallest absolute Gasteiger partial charge is 0.193 e. The van der Waals surface area contributed by atoms with Crippen LogP contribution in [-0.4, -0.2) is 53.9 Å². The van der Waals surface area contributed by atoms with E-state index in [1.54, 1.807) is 16.8 Å². The largest absolute Gasteiger partial charge is 0.370 e. The molecule has 2 aliphatic rings. The summed E-state index contributed by atoms with van der Waals surface area (Å²) in [5.41, 5.74) is 2.36. The van der Waals surface area contributed by atoms with Crippen LogP contribution in [0.15, 0.2) is 41.7 Å². The summed E-state index contributed by atoms with van der Waals surface area (Å²) in [5.74, 6) is 0.710. The van der Waals surface area contributed by atoms with E-state index < -0.39 is 0 Å². The number of ether oxygens (including phenoxy) is 1. The highest BCUT2D eigenvalue weighted by Gasteiger charge is 2.39. The number of rotatable bonds is 4. The van der Waals surface area contributed by atoms with Gasteiger partial charge in [0.2, 0.25) is 0 Å². The zero-order valence-electron chi connectivity index (χ0n) is 16.6. The molecule has 2 heterocycles. The quantitative estimate of drug-likeness (QED) is 0.649. The van der Waals surface area contributed by atoms with Crippen molar-refractivity contribution in [3.8, 4) is 0 Å². The molecule has 0 spiro atoms. The summed E-state index contributed by atoms with van der Waals surface area (Å²) in [6, 6.07) is 6.97. The van der Waals surface area contributed by atoms with Crippen molar-refractivity contribution in [2.24, 2.45) is 12.0 Å². The zero-order valence-corrected chi connectivity index (χ0v) is 16.6. The van der Waals surface area contributed by atoms with Crippen LogP contribution in [0.3, 0.4) is 0 Å². The normalized spacial score (nSPS) is 22.0. The van der Waals surface area contributed by atoms with E-state index in [-0.39, 0.29) is 17.3 Å². The topological polar surface area (TPSA) is 54.7 Å². The lowest BCUT2D eigenvalue weighted by atomic mass is 9.64. The molecule has 0 radical (unpaired) electrons. The molecular weight excluding hydrogens is 357 g/mol. The summed E-state index contributed by atoms with van der Waals surface area (Å²) in [5, 5.41) is 7.83. The minimum absolute atomic E-state index is 0.00392. The molecule has 1 aliphatic carbocycles. The maximum atomic E-state index is 13.3. The number of hydrogen-bond donors (Lipinski definition) is 1. The van der Waals surface area contributed by atoms with Crippen LogP contribution >= 0.6 is 0 Å². The molecule has 0 bridgehead atoms. The second-order valence-electron chi connectivity index (χ2n) is 7.79. The van der Waals surface area contributed by atoms with Crippen LogP contribution in [0.4, 0.5) is 4.39 Å². The Morgan fingerprint density at radius 3 is 2.75 bits per heavy atom. The second kappa shape index (κ2) is 7.91. The van der Waals surface area contributed by atoms with Gasteiger partial charge >= 0.3 is 0 Å². The summed E-state index contributed by atoms with van der Waals surface area (Å²) in [6.07, 6.45) is 7.30. The second-order valence-corrected chi connectivity index (χ2v) is 7.79. The molecule has 1 aromatic carbocycles. The molecule has 28 heavy (non-hydrogen) atoms. The van der Waals surface area contributed by atoms with E-state index in [0.29, 0.717) is 6.61 Å². The fourth-order valence-corrected chi connectivity index (χ4v) is 4.20. The molecule has 1 saturated carbocycles. The number of aromatic nitrogens is 2. The zero-order chi connectivity index (χ0) is 19.6. The summed E-state index contributed by atoms with van der Waals surface area (Å²) >= 11 is 0. The van der Waals surface area contributed by atoms with Gasteiger partial charge in [-0.25, -0.2) is 4.39 Å². The lowest BCUT2D eigenvalue weighted by molar-refractivity contribution is -0.00820. The predicted molar refractivity (Wildman–Crippen MR) is 107 cm³/mol. The van der Waals surface area contributed by atoms with Gasteiger partial charge in [0.05, 0.1) is 19.3 Å². The molecule has 2 aromatic rings. The van der Waals surface area contributed by atoms with Gasteiger partial charge in [-0.05, 0) is 30.5 Å². The van der Waals surface area contributed by atoms with E-state index in [0.717, 1.165) is 44.0 Å². The van der Waals surface area contributed by atoms with Crippen molar-refractivity contribution < 1.29 is 9.13 Å². The van der Waals surface area contributed by atoms with E-state index in [9.17, 15) is 4.39 Å². The summed E-state index contributed by atoms with van der Waals surface area (Å²) in [6.45, 7) is 3.01. The van der Waals surface area contributed by atoms with Gasteiger partial charge in [-0.1, -0.05) is 18.6 Å². The highest BCUT2D eigenvalue weighted by molar-refractivity contribution is 5.80. The lowest BCUT2D eigenvalue weighted by Crippen LogP contribution is -2.52. The Balaban J connectivity index is 1.42. The van der Waals surface area contributed by atoms with Gasteiger partial charge < -0.3 is 15.0 Å². The van der Waals surface area contributed by atoms with E-state index in [1.165, 1.54) is 12.0 Å². The SMILES string of the molecule is CN=C(NCC1(c2ccc(F)cc2)CCC1)N1CCOC(c2cnn(C)c2)C1. The van der Waals surface area contributed by atoms with Crippen molar-refractivity contribution in [1.29, 1.82) is 0 Å². The number of hydrogen-bond acceptors (Lipinski definition) is 3. The fraction of sp³-hybridized carbons (Fsp3) is 0.524. The molecule has 2 fully saturated rings. The van der Waals surface area contributed by atoms with Crippen molar-refractivity contribution >= 4 is 5.96 Å². The third-order valence-corrected chi connectivity index (χ3v) is 6.03. The number of benzene rings is 1. The van der Waals surface area contributed by atoms with Gasteiger partial charge in [0.1, 0.15) is 11.9 Å². The Hall–Kier alpha value is -2.41. The van der Waals surface area contributed by atoms with Gasteiger partial charge in [-0.3, -0.25) is 9.67 Å². The maximum Gasteiger partial charge on any atom is 0.193 e. The molecular formula is C21H28FN5O. The summed E-state index contributed by atoms with van der Waals surface area (Å²) in [7, 11) is 3.74. The number of aryl methyl sites for hydroxylation is 1. The van der Waals surface area contributed by atoms with Crippen LogP contribution in [0.5, 0.6) is 0 Å². The monoisotopic (exact) mass is 385 g/mol. The van der Waals surface area contributed by atoms with Crippen LogP contribution in [0.2, 0.25) is 0 Å². The van der Waals surface area contributed by atoms with E-state index in [1.807, 2.05) is 38.6 Å². The van der Waals surface area contributed by atoms with Gasteiger partial charge in [0.15, 0.2) is 5.96 Å². The number of aliphatic imine (C=N–C) groups is 1. The maximum absolute atomic E-state index is 13.3. The van der Waals surface area contributed by atoms with Crippen LogP contribution in [0.25, 0.3) is 0 Å². The van der Waals surface area contributed by atoms with Crippen molar-refractivity contribution in [2.75, 3.05) is 33.3 Å². The van der Waals surface area contributed by atoms with Crippen LogP contribution in [-0.2, 0) is 17.2 Å². The van der Waals surface area contributed by atoms with Crippen LogP contribution < -0.4 is 5.32 Å². The van der Waals surface area contributed by atoms with E-state index in [4.69, 9.17) is 4.74 Å². The Morgan fingerprint density at radius 2 is 2.14 bits per heavy atom. The van der Waals surface area contributed by atoms with Crippen molar-refractivity contribution in [3.05, 3.63) is 53.6 Å². The van der Waals surface area contributed by atoms with Crippen molar-refractivity contribution in [3.63, 3.8) is 0 Å². The van der Waals surface area contributed by atoms with E-state index >= 15 is 0 Å². The molecule has 0 amide bonds. The molecule has 1 saturated heterocycles. The first-order chi connectivity index (χ1) is 13.6. The third-order valence-electron chi connectivity index (χ3n) is 6.03. The van der Waals surface area contributed by atoms with Crippen LogP contribution in [0.1, 0.15) is 36.5 Å². The number of morpholine rings is 1. The molecule has 1 aliphatic heterocycles. The standard InChI is InChI=1S/C21H28FN5O/c1-23-20(27-10-11-28-19(14-27)16-12-25-26(2)13-16)24-15-21(8-3-9-21)17-4-6-18(22)7-5-17/h4-7,12-13,19H,3,8-11,14-15H2,1-2H3,(H,23,24). The molecule has 1 atom stereocenters. The Bertz CT molecular complexity index is 828. The average Bonchev–Trinajstić information content (AvgIpc) is 3.12. The minimum Gasteiger partial charge on any atom is -0.370 e. The summed E-state index contributed by atoms with van der Waals surface area (Å²) < 4.78 is 21.1. The average molecular weight is 385 g/mol. The molecule has 150 valence electrons. The highest BCUT2D eigenvalue weighted by Crippen LogP contribution is 2.43. The molecule has 4 rings (SSSR count). The molecule has 1 N–H and O–H groups in total. The lowest BCUT2D eigenvalue weighted by Gasteiger charge is -2.44. The summed E-state index contributed by atoms with van der Waals surface area (Å²) in [4.78, 5) is 6.76. The fourth-order valence-electron chi connectivity index (χ4n) is 4.20.